The lowest BCUT2D eigenvalue weighted by atomic mass is 9.93. The molecule has 1 saturated heterocycles. The summed E-state index contributed by atoms with van der Waals surface area (Å²) in [5.41, 5.74) is 0.587. The van der Waals surface area contributed by atoms with Crippen LogP contribution in [0.15, 0.2) is 18.3 Å². The minimum absolute atomic E-state index is 0.0522. The molecule has 3 aromatic rings. The van der Waals surface area contributed by atoms with Crippen molar-refractivity contribution in [3.05, 3.63) is 29.3 Å². The highest BCUT2D eigenvalue weighted by molar-refractivity contribution is 7.28. The summed E-state index contributed by atoms with van der Waals surface area (Å²) in [7, 11) is 7.17. The van der Waals surface area contributed by atoms with Crippen LogP contribution in [0.4, 0.5) is 10.2 Å². The quantitative estimate of drug-likeness (QED) is 0.405. The number of methoxy groups -OCH3 is 3. The monoisotopic (exact) mass is 478 g/mol. The normalized spacial score (nSPS) is 15.8. The van der Waals surface area contributed by atoms with Gasteiger partial charge in [0.2, 0.25) is 0 Å². The standard InChI is InChI=1S/C22H25ClFN4O3P/c1-22(31-4)5-7-28(8-6-22)21-12-9-16(23)25-11-13(12)26-20(27-21)17-18(24)14(29-2)10-15(30-3)19(17)32/h9-11H,5-8,32H2,1-4H3. The number of rotatable bonds is 5. The topological polar surface area (TPSA) is 69.6 Å². The fourth-order valence-corrected chi connectivity index (χ4v) is 4.51. The van der Waals surface area contributed by atoms with Crippen LogP contribution < -0.4 is 19.7 Å². The zero-order valence-electron chi connectivity index (χ0n) is 18.4. The van der Waals surface area contributed by atoms with E-state index in [0.29, 0.717) is 27.5 Å². The molecule has 2 aromatic heterocycles. The Balaban J connectivity index is 1.91. The second-order valence-corrected chi connectivity index (χ2v) is 8.88. The van der Waals surface area contributed by atoms with Crippen LogP contribution in [-0.2, 0) is 4.74 Å². The Labute approximate surface area is 193 Å². The van der Waals surface area contributed by atoms with E-state index in [2.05, 4.69) is 31.0 Å². The smallest absolute Gasteiger partial charge is 0.176 e. The molecule has 10 heteroatoms. The maximum atomic E-state index is 15.4. The largest absolute Gasteiger partial charge is 0.496 e. The van der Waals surface area contributed by atoms with E-state index in [-0.39, 0.29) is 22.7 Å². The van der Waals surface area contributed by atoms with Crippen LogP contribution in [0, 0.1) is 5.82 Å². The number of nitrogens with zero attached hydrogens (tertiary/aromatic N) is 4. The molecule has 0 radical (unpaired) electrons. The minimum atomic E-state index is -0.559. The van der Waals surface area contributed by atoms with Crippen molar-refractivity contribution in [1.29, 1.82) is 0 Å². The number of hydrogen-bond donors (Lipinski definition) is 0. The van der Waals surface area contributed by atoms with Crippen molar-refractivity contribution in [2.75, 3.05) is 39.3 Å². The molecule has 0 spiro atoms. The molecular weight excluding hydrogens is 454 g/mol. The summed E-state index contributed by atoms with van der Waals surface area (Å²) in [4.78, 5) is 15.7. The van der Waals surface area contributed by atoms with Gasteiger partial charge in [-0.15, -0.1) is 9.24 Å². The van der Waals surface area contributed by atoms with Gasteiger partial charge in [0.05, 0.1) is 37.1 Å². The Hall–Kier alpha value is -2.28. The Bertz CT molecular complexity index is 1140. The first-order chi connectivity index (χ1) is 15.3. The van der Waals surface area contributed by atoms with Crippen LogP contribution in [-0.4, -0.2) is 55.0 Å². The molecule has 7 nitrogen and oxygen atoms in total. The predicted octanol–water partition coefficient (Wildman–Crippen LogP) is 4.01. The highest BCUT2D eigenvalue weighted by atomic mass is 35.5. The zero-order valence-corrected chi connectivity index (χ0v) is 20.3. The van der Waals surface area contributed by atoms with Gasteiger partial charge >= 0.3 is 0 Å². The molecule has 0 aliphatic carbocycles. The number of pyridine rings is 1. The molecule has 0 saturated carbocycles. The minimum Gasteiger partial charge on any atom is -0.496 e. The molecule has 4 rings (SSSR count). The third kappa shape index (κ3) is 4.07. The Kier molecular flexibility index (Phi) is 6.39. The molecule has 0 bridgehead atoms. The van der Waals surface area contributed by atoms with E-state index in [1.807, 2.05) is 0 Å². The van der Waals surface area contributed by atoms with Crippen LogP contribution in [0.5, 0.6) is 11.5 Å². The number of hydrogen-bond acceptors (Lipinski definition) is 7. The van der Waals surface area contributed by atoms with Crippen LogP contribution in [0.2, 0.25) is 5.15 Å². The highest BCUT2D eigenvalue weighted by Crippen LogP contribution is 2.36. The Morgan fingerprint density at radius 1 is 1.09 bits per heavy atom. The van der Waals surface area contributed by atoms with Crippen molar-refractivity contribution in [3.63, 3.8) is 0 Å². The second-order valence-electron chi connectivity index (χ2n) is 7.92. The zero-order chi connectivity index (χ0) is 23.0. The number of benzene rings is 1. The maximum Gasteiger partial charge on any atom is 0.176 e. The van der Waals surface area contributed by atoms with Gasteiger partial charge in [0.1, 0.15) is 16.7 Å². The molecule has 1 unspecified atom stereocenters. The Morgan fingerprint density at radius 3 is 2.41 bits per heavy atom. The van der Waals surface area contributed by atoms with E-state index in [9.17, 15) is 0 Å². The first-order valence-corrected chi connectivity index (χ1v) is 11.1. The third-order valence-corrected chi connectivity index (χ3v) is 6.82. The van der Waals surface area contributed by atoms with Crippen LogP contribution in [0.25, 0.3) is 22.3 Å². The van der Waals surface area contributed by atoms with Gasteiger partial charge in [-0.3, -0.25) is 0 Å². The molecule has 1 aliphatic rings. The molecule has 0 amide bonds. The number of aromatic nitrogens is 3. The van der Waals surface area contributed by atoms with E-state index < -0.39 is 5.82 Å². The van der Waals surface area contributed by atoms with Crippen molar-refractivity contribution in [2.45, 2.75) is 25.4 Å². The van der Waals surface area contributed by atoms with E-state index in [1.54, 1.807) is 19.4 Å². The molecule has 0 N–H and O–H groups in total. The van der Waals surface area contributed by atoms with Crippen molar-refractivity contribution in [1.82, 2.24) is 15.0 Å². The average Bonchev–Trinajstić information content (AvgIpc) is 2.79. The van der Waals surface area contributed by atoms with Gasteiger partial charge in [-0.05, 0) is 25.8 Å². The summed E-state index contributed by atoms with van der Waals surface area (Å²) in [6, 6.07) is 3.24. The first kappa shape index (κ1) is 22.9. The third-order valence-electron chi connectivity index (χ3n) is 6.04. The summed E-state index contributed by atoms with van der Waals surface area (Å²) in [5.74, 6) is 0.846. The fourth-order valence-electron chi connectivity index (χ4n) is 3.90. The molecule has 32 heavy (non-hydrogen) atoms. The van der Waals surface area contributed by atoms with Crippen LogP contribution in [0.3, 0.4) is 0 Å². The van der Waals surface area contributed by atoms with Crippen LogP contribution >= 0.6 is 20.8 Å². The molecule has 170 valence electrons. The van der Waals surface area contributed by atoms with Gasteiger partial charge < -0.3 is 19.1 Å². The lowest BCUT2D eigenvalue weighted by Gasteiger charge is -2.39. The summed E-state index contributed by atoms with van der Waals surface area (Å²) >= 11 is 6.18. The maximum absolute atomic E-state index is 15.4. The van der Waals surface area contributed by atoms with Gasteiger partial charge in [0.25, 0.3) is 0 Å². The molecule has 1 aliphatic heterocycles. The SMILES string of the molecule is COc1cc(OC)c(P)c(-c2nc(N3CCC(C)(OC)CC3)c3cc(Cl)ncc3n2)c1F. The highest BCUT2D eigenvalue weighted by Gasteiger charge is 2.32. The molecule has 1 atom stereocenters. The number of halogens is 2. The molecule has 3 heterocycles. The average molecular weight is 479 g/mol. The molecule has 1 fully saturated rings. The van der Waals surface area contributed by atoms with E-state index >= 15 is 4.39 Å². The summed E-state index contributed by atoms with van der Waals surface area (Å²) in [5, 5.41) is 1.61. The molecule has 1 aromatic carbocycles. The van der Waals surface area contributed by atoms with Crippen molar-refractivity contribution in [3.8, 4) is 22.9 Å². The number of anilines is 1. The van der Waals surface area contributed by atoms with Crippen molar-refractivity contribution in [2.24, 2.45) is 0 Å². The van der Waals surface area contributed by atoms with E-state index in [4.69, 9.17) is 30.8 Å². The van der Waals surface area contributed by atoms with Crippen molar-refractivity contribution < 1.29 is 18.6 Å². The number of ether oxygens (including phenoxy) is 3. The number of piperidine rings is 1. The lowest BCUT2D eigenvalue weighted by molar-refractivity contribution is -0.0133. The van der Waals surface area contributed by atoms with Gasteiger partial charge in [0.15, 0.2) is 17.4 Å². The lowest BCUT2D eigenvalue weighted by Crippen LogP contribution is -2.44. The van der Waals surface area contributed by atoms with Crippen LogP contribution in [0.1, 0.15) is 19.8 Å². The summed E-state index contributed by atoms with van der Waals surface area (Å²) < 4.78 is 31.7. The fraction of sp³-hybridized carbons (Fsp3) is 0.409. The Morgan fingerprint density at radius 2 is 1.78 bits per heavy atom. The van der Waals surface area contributed by atoms with E-state index in [1.165, 1.54) is 20.3 Å². The van der Waals surface area contributed by atoms with E-state index in [0.717, 1.165) is 31.3 Å². The second kappa shape index (κ2) is 8.93. The summed E-state index contributed by atoms with van der Waals surface area (Å²) in [6.45, 7) is 3.56. The molecular formula is C22H25ClFN4O3P. The summed E-state index contributed by atoms with van der Waals surface area (Å²) in [6.07, 6.45) is 3.24. The van der Waals surface area contributed by atoms with Gasteiger partial charge in [0, 0.05) is 37.0 Å². The first-order valence-electron chi connectivity index (χ1n) is 10.1. The predicted molar refractivity (Wildman–Crippen MR) is 127 cm³/mol. The van der Waals surface area contributed by atoms with Crippen molar-refractivity contribution >= 4 is 42.9 Å². The van der Waals surface area contributed by atoms with Gasteiger partial charge in [-0.25, -0.2) is 19.3 Å². The van der Waals surface area contributed by atoms with Gasteiger partial charge in [-0.1, -0.05) is 11.6 Å². The number of fused-ring (bicyclic) bond motifs is 1. The van der Waals surface area contributed by atoms with Gasteiger partial charge in [-0.2, -0.15) is 0 Å².